The minimum atomic E-state index is -1.08. The van der Waals surface area contributed by atoms with Crippen molar-refractivity contribution in [1.82, 2.24) is 9.80 Å². The summed E-state index contributed by atoms with van der Waals surface area (Å²) in [5.41, 5.74) is 0.982. The van der Waals surface area contributed by atoms with Crippen molar-refractivity contribution in [1.29, 1.82) is 0 Å². The molecule has 3 amide bonds. The Morgan fingerprint density at radius 3 is 1.93 bits per heavy atom. The highest BCUT2D eigenvalue weighted by atomic mass is 16.4. The van der Waals surface area contributed by atoms with Crippen LogP contribution in [0.5, 0.6) is 0 Å². The van der Waals surface area contributed by atoms with E-state index >= 15 is 0 Å². The summed E-state index contributed by atoms with van der Waals surface area (Å²) < 4.78 is 0. The first kappa shape index (κ1) is 19.6. The van der Waals surface area contributed by atoms with Crippen LogP contribution in [0.1, 0.15) is 47.1 Å². The van der Waals surface area contributed by atoms with Crippen LogP contribution in [0.2, 0.25) is 0 Å². The molecule has 6 nitrogen and oxygen atoms in total. The first-order valence-electron chi connectivity index (χ1n) is 9.21. The fourth-order valence-electron chi connectivity index (χ4n) is 3.73. The van der Waals surface area contributed by atoms with E-state index < -0.39 is 17.7 Å². The number of nitrogens with zero attached hydrogens (tertiary/aromatic N) is 2. The molecule has 1 N–H and O–H groups in total. The second kappa shape index (κ2) is 7.46. The van der Waals surface area contributed by atoms with E-state index in [9.17, 15) is 19.5 Å². The Balaban J connectivity index is 1.95. The van der Waals surface area contributed by atoms with Gasteiger partial charge in [-0.25, -0.2) is 4.79 Å². The van der Waals surface area contributed by atoms with E-state index in [1.54, 1.807) is 24.3 Å². The number of benzene rings is 2. The highest BCUT2D eigenvalue weighted by molar-refractivity contribution is 6.21. The molecular weight excluding hydrogens is 356 g/mol. The van der Waals surface area contributed by atoms with Crippen LogP contribution in [-0.4, -0.2) is 50.9 Å². The molecule has 146 valence electrons. The van der Waals surface area contributed by atoms with Crippen LogP contribution in [0.25, 0.3) is 0 Å². The van der Waals surface area contributed by atoms with E-state index in [2.05, 4.69) is 0 Å². The zero-order valence-electron chi connectivity index (χ0n) is 16.3. The monoisotopic (exact) mass is 380 g/mol. The average molecular weight is 380 g/mol. The number of imide groups is 1. The number of hydrogen-bond acceptors (Lipinski definition) is 3. The van der Waals surface area contributed by atoms with E-state index in [4.69, 9.17) is 0 Å². The maximum absolute atomic E-state index is 12.8. The molecule has 0 aliphatic carbocycles. The number of amides is 3. The van der Waals surface area contributed by atoms with Gasteiger partial charge in [-0.05, 0) is 44.9 Å². The van der Waals surface area contributed by atoms with Crippen LogP contribution >= 0.6 is 0 Å². The third kappa shape index (κ3) is 3.76. The average Bonchev–Trinajstić information content (AvgIpc) is 2.86. The largest absolute Gasteiger partial charge is 0.465 e. The summed E-state index contributed by atoms with van der Waals surface area (Å²) >= 11 is 0. The fraction of sp³-hybridized carbons (Fsp3) is 0.318. The Hall–Kier alpha value is -3.15. The predicted octanol–water partition coefficient (Wildman–Crippen LogP) is 3.67. The van der Waals surface area contributed by atoms with Crippen molar-refractivity contribution in [3.05, 3.63) is 71.3 Å². The summed E-state index contributed by atoms with van der Waals surface area (Å²) in [5, 5.41) is 9.87. The molecule has 1 atom stereocenters. The second-order valence-corrected chi connectivity index (χ2v) is 7.93. The second-order valence-electron chi connectivity index (χ2n) is 7.93. The van der Waals surface area contributed by atoms with Gasteiger partial charge in [-0.2, -0.15) is 0 Å². The van der Waals surface area contributed by atoms with Gasteiger partial charge in [0.25, 0.3) is 11.8 Å². The smallest absolute Gasteiger partial charge is 0.408 e. The molecular formula is C22H24N2O4. The Bertz CT molecular complexity index is 867. The molecule has 1 aliphatic heterocycles. The number of fused-ring (bicyclic) bond motifs is 1. The van der Waals surface area contributed by atoms with Gasteiger partial charge in [-0.15, -0.1) is 0 Å². The zero-order chi connectivity index (χ0) is 20.5. The fourth-order valence-corrected chi connectivity index (χ4v) is 3.73. The summed E-state index contributed by atoms with van der Waals surface area (Å²) in [4.78, 5) is 40.1. The van der Waals surface area contributed by atoms with Crippen molar-refractivity contribution in [2.75, 3.05) is 6.54 Å². The van der Waals surface area contributed by atoms with Gasteiger partial charge in [-0.3, -0.25) is 19.4 Å². The minimum absolute atomic E-state index is 0.00477. The van der Waals surface area contributed by atoms with Gasteiger partial charge in [-0.1, -0.05) is 42.5 Å². The molecule has 2 aromatic carbocycles. The lowest BCUT2D eigenvalue weighted by molar-refractivity contribution is 0.0431. The molecule has 6 heteroatoms. The molecule has 0 saturated carbocycles. The molecule has 0 aromatic heterocycles. The highest BCUT2D eigenvalue weighted by Crippen LogP contribution is 2.26. The molecule has 0 radical (unpaired) electrons. The number of carbonyl (C=O) groups excluding carboxylic acids is 2. The van der Waals surface area contributed by atoms with Crippen LogP contribution in [0.3, 0.4) is 0 Å². The normalized spacial score (nSPS) is 14.8. The summed E-state index contributed by atoms with van der Waals surface area (Å²) in [6, 6.07) is 15.6. The summed E-state index contributed by atoms with van der Waals surface area (Å²) in [5.74, 6) is -0.754. The summed E-state index contributed by atoms with van der Waals surface area (Å²) in [7, 11) is 0. The number of hydrogen-bond donors (Lipinski definition) is 1. The van der Waals surface area contributed by atoms with Crippen LogP contribution in [0.15, 0.2) is 54.6 Å². The summed E-state index contributed by atoms with van der Waals surface area (Å²) in [6.45, 7) is 5.43. The van der Waals surface area contributed by atoms with Crippen molar-refractivity contribution in [2.24, 2.45) is 0 Å². The van der Waals surface area contributed by atoms with Crippen LogP contribution in [-0.2, 0) is 6.42 Å². The molecule has 28 heavy (non-hydrogen) atoms. The first-order valence-corrected chi connectivity index (χ1v) is 9.21. The topological polar surface area (TPSA) is 77.9 Å². The zero-order valence-corrected chi connectivity index (χ0v) is 16.3. The molecule has 0 spiro atoms. The minimum Gasteiger partial charge on any atom is -0.465 e. The molecule has 1 aliphatic rings. The van der Waals surface area contributed by atoms with Crippen LogP contribution < -0.4 is 0 Å². The number of rotatable bonds is 5. The Kier molecular flexibility index (Phi) is 5.23. The van der Waals surface area contributed by atoms with Gasteiger partial charge in [0.1, 0.15) is 0 Å². The van der Waals surface area contributed by atoms with Gasteiger partial charge < -0.3 is 5.11 Å². The van der Waals surface area contributed by atoms with E-state index in [-0.39, 0.29) is 18.4 Å². The Morgan fingerprint density at radius 1 is 0.964 bits per heavy atom. The Morgan fingerprint density at radius 2 is 1.46 bits per heavy atom. The number of carboxylic acid groups (broad SMARTS) is 1. The van der Waals surface area contributed by atoms with E-state index in [0.717, 1.165) is 5.56 Å². The van der Waals surface area contributed by atoms with Crippen molar-refractivity contribution in [3.8, 4) is 0 Å². The Labute approximate surface area is 164 Å². The lowest BCUT2D eigenvalue weighted by atomic mass is 9.98. The maximum atomic E-state index is 12.8. The van der Waals surface area contributed by atoms with Gasteiger partial charge in [0.05, 0.1) is 23.7 Å². The van der Waals surface area contributed by atoms with Gasteiger partial charge in [0.15, 0.2) is 0 Å². The molecule has 3 rings (SSSR count). The van der Waals surface area contributed by atoms with Crippen molar-refractivity contribution < 1.29 is 19.5 Å². The van der Waals surface area contributed by atoms with Crippen molar-refractivity contribution in [2.45, 2.75) is 38.8 Å². The highest BCUT2D eigenvalue weighted by Gasteiger charge is 2.40. The third-order valence-electron chi connectivity index (χ3n) is 4.88. The molecule has 2 aromatic rings. The molecule has 0 fully saturated rings. The van der Waals surface area contributed by atoms with Gasteiger partial charge in [0.2, 0.25) is 0 Å². The molecule has 0 bridgehead atoms. The lowest BCUT2D eigenvalue weighted by Crippen LogP contribution is -2.56. The first-order chi connectivity index (χ1) is 13.2. The number of carbonyl (C=O) groups is 3. The van der Waals surface area contributed by atoms with Gasteiger partial charge >= 0.3 is 6.09 Å². The molecule has 0 saturated heterocycles. The standard InChI is InChI=1S/C22H24N2O4/c1-22(2,3)24(21(27)28)16(13-15-9-5-4-6-10-15)14-23-19(25)17-11-7-8-12-18(17)20(23)26/h4-12,16H,13-14H2,1-3H3,(H,27,28)/t16-/m0/s1. The maximum Gasteiger partial charge on any atom is 0.408 e. The van der Waals surface area contributed by atoms with Crippen LogP contribution in [0, 0.1) is 0 Å². The SMILES string of the molecule is CC(C)(C)N(C(=O)O)[C@@H](Cc1ccccc1)CN1C(=O)c2ccccc2C1=O. The van der Waals surface area contributed by atoms with Crippen molar-refractivity contribution >= 4 is 17.9 Å². The quantitative estimate of drug-likeness (QED) is 0.803. The van der Waals surface area contributed by atoms with E-state index in [0.29, 0.717) is 17.5 Å². The van der Waals surface area contributed by atoms with Crippen molar-refractivity contribution in [3.63, 3.8) is 0 Å². The van der Waals surface area contributed by atoms with Crippen LogP contribution in [0.4, 0.5) is 4.79 Å². The van der Waals surface area contributed by atoms with Gasteiger partial charge in [0, 0.05) is 5.54 Å². The lowest BCUT2D eigenvalue weighted by Gasteiger charge is -2.41. The van der Waals surface area contributed by atoms with E-state index in [1.165, 1.54) is 9.80 Å². The predicted molar refractivity (Wildman–Crippen MR) is 105 cm³/mol. The molecule has 0 unspecified atom stereocenters. The third-order valence-corrected chi connectivity index (χ3v) is 4.88. The molecule has 1 heterocycles. The summed E-state index contributed by atoms with van der Waals surface area (Å²) in [6.07, 6.45) is -0.678. The van der Waals surface area contributed by atoms with E-state index in [1.807, 2.05) is 51.1 Å².